The van der Waals surface area contributed by atoms with Crippen molar-refractivity contribution in [2.75, 3.05) is 5.32 Å². The number of amides is 1. The molecule has 0 aliphatic heterocycles. The highest BCUT2D eigenvalue weighted by Crippen LogP contribution is 2.23. The molecule has 2 heterocycles. The number of hydrogen-bond acceptors (Lipinski definition) is 4. The molecule has 0 aliphatic carbocycles. The van der Waals surface area contributed by atoms with E-state index in [0.29, 0.717) is 22.7 Å². The van der Waals surface area contributed by atoms with Crippen LogP contribution in [0, 0.1) is 12.7 Å². The molecule has 0 saturated heterocycles. The fraction of sp³-hybridized carbons (Fsp3) is 0.235. The minimum Gasteiger partial charge on any atom is -0.447 e. The molecule has 6 nitrogen and oxygen atoms in total. The van der Waals surface area contributed by atoms with Crippen LogP contribution < -0.4 is 5.32 Å². The quantitative estimate of drug-likeness (QED) is 0.794. The Kier molecular flexibility index (Phi) is 4.16. The van der Waals surface area contributed by atoms with Crippen molar-refractivity contribution in [3.8, 4) is 11.3 Å². The summed E-state index contributed by atoms with van der Waals surface area (Å²) in [7, 11) is 0. The zero-order chi connectivity index (χ0) is 17.3. The fourth-order valence-electron chi connectivity index (χ4n) is 2.28. The molecule has 1 aromatic carbocycles. The fourth-order valence-corrected chi connectivity index (χ4v) is 2.28. The highest BCUT2D eigenvalue weighted by Gasteiger charge is 2.12. The number of halogens is 1. The first-order valence-electron chi connectivity index (χ1n) is 7.51. The lowest BCUT2D eigenvalue weighted by Crippen LogP contribution is -2.18. The Bertz CT molecular complexity index is 905. The molecular formula is C17H17FN4O2. The normalized spacial score (nSPS) is 11.0. The van der Waals surface area contributed by atoms with Crippen molar-refractivity contribution in [2.24, 2.45) is 0 Å². The Hall–Kier alpha value is -2.96. The molecule has 24 heavy (non-hydrogen) atoms. The number of anilines is 1. The lowest BCUT2D eigenvalue weighted by atomic mass is 10.1. The molecule has 0 unspecified atom stereocenters. The third-order valence-electron chi connectivity index (χ3n) is 3.30. The summed E-state index contributed by atoms with van der Waals surface area (Å²) in [4.78, 5) is 20.1. The van der Waals surface area contributed by atoms with Gasteiger partial charge in [0.2, 0.25) is 5.78 Å². The van der Waals surface area contributed by atoms with E-state index >= 15 is 0 Å². The number of aromatic nitrogens is 3. The van der Waals surface area contributed by atoms with Gasteiger partial charge in [-0.25, -0.2) is 19.2 Å². The minimum absolute atomic E-state index is 0.217. The van der Waals surface area contributed by atoms with Crippen LogP contribution >= 0.6 is 0 Å². The molecule has 2 aromatic heterocycles. The van der Waals surface area contributed by atoms with Crippen molar-refractivity contribution in [3.05, 3.63) is 48.2 Å². The van der Waals surface area contributed by atoms with Crippen molar-refractivity contribution < 1.29 is 13.9 Å². The molecular weight excluding hydrogens is 311 g/mol. The van der Waals surface area contributed by atoms with E-state index in [9.17, 15) is 9.18 Å². The first kappa shape index (κ1) is 15.9. The minimum atomic E-state index is -0.559. The van der Waals surface area contributed by atoms with Gasteiger partial charge in [-0.05, 0) is 32.9 Å². The van der Waals surface area contributed by atoms with Gasteiger partial charge in [0, 0.05) is 18.0 Å². The Morgan fingerprint density at radius 2 is 2.12 bits per heavy atom. The van der Waals surface area contributed by atoms with Gasteiger partial charge in [-0.3, -0.25) is 9.72 Å². The largest absolute Gasteiger partial charge is 0.447 e. The van der Waals surface area contributed by atoms with E-state index < -0.39 is 6.09 Å². The van der Waals surface area contributed by atoms with Crippen LogP contribution in [0.25, 0.3) is 17.0 Å². The number of aryl methyl sites for hydroxylation is 1. The van der Waals surface area contributed by atoms with E-state index in [2.05, 4.69) is 15.3 Å². The van der Waals surface area contributed by atoms with E-state index in [1.807, 2.05) is 6.92 Å². The number of rotatable bonds is 3. The van der Waals surface area contributed by atoms with Crippen LogP contribution in [0.2, 0.25) is 0 Å². The monoisotopic (exact) mass is 328 g/mol. The van der Waals surface area contributed by atoms with E-state index in [4.69, 9.17) is 4.74 Å². The number of fused-ring (bicyclic) bond motifs is 1. The lowest BCUT2D eigenvalue weighted by molar-refractivity contribution is 0.130. The zero-order valence-corrected chi connectivity index (χ0v) is 13.6. The van der Waals surface area contributed by atoms with E-state index in [-0.39, 0.29) is 11.9 Å². The lowest BCUT2D eigenvalue weighted by Gasteiger charge is -2.09. The van der Waals surface area contributed by atoms with Crippen molar-refractivity contribution >= 4 is 17.6 Å². The number of carbonyl (C=O) groups is 1. The van der Waals surface area contributed by atoms with Crippen molar-refractivity contribution in [1.82, 2.24) is 14.4 Å². The highest BCUT2D eigenvalue weighted by molar-refractivity contribution is 5.84. The Labute approximate surface area is 138 Å². The Balaban J connectivity index is 1.92. The number of carbonyl (C=O) groups excluding carboxylic acids is 1. The first-order chi connectivity index (χ1) is 11.4. The van der Waals surface area contributed by atoms with Gasteiger partial charge in [-0.15, -0.1) is 0 Å². The summed E-state index contributed by atoms with van der Waals surface area (Å²) in [5, 5.41) is 2.59. The van der Waals surface area contributed by atoms with Crippen LogP contribution in [0.5, 0.6) is 0 Å². The molecule has 0 radical (unpaired) electrons. The van der Waals surface area contributed by atoms with Crippen LogP contribution in [0.15, 0.2) is 36.8 Å². The summed E-state index contributed by atoms with van der Waals surface area (Å²) in [5.41, 5.74) is 2.29. The maximum atomic E-state index is 14.0. The summed E-state index contributed by atoms with van der Waals surface area (Å²) in [5.74, 6) is 0.0662. The third-order valence-corrected chi connectivity index (χ3v) is 3.30. The number of nitrogens with one attached hydrogen (secondary N) is 1. The van der Waals surface area contributed by atoms with Gasteiger partial charge < -0.3 is 4.74 Å². The summed E-state index contributed by atoms with van der Waals surface area (Å²) in [6.07, 6.45) is 4.01. The van der Waals surface area contributed by atoms with Crippen molar-refractivity contribution in [1.29, 1.82) is 0 Å². The van der Waals surface area contributed by atoms with Gasteiger partial charge >= 0.3 is 6.09 Å². The van der Waals surface area contributed by atoms with E-state index in [0.717, 1.165) is 5.56 Å². The van der Waals surface area contributed by atoms with Gasteiger partial charge in [0.1, 0.15) is 5.82 Å². The summed E-state index contributed by atoms with van der Waals surface area (Å²) in [6, 6.07) is 4.85. The number of imidazole rings is 1. The average Bonchev–Trinajstić information content (AvgIpc) is 2.91. The van der Waals surface area contributed by atoms with Crippen LogP contribution in [-0.4, -0.2) is 26.6 Å². The summed E-state index contributed by atoms with van der Waals surface area (Å²) >= 11 is 0. The molecule has 124 valence electrons. The second-order valence-electron chi connectivity index (χ2n) is 5.74. The SMILES string of the molecule is Cc1ccc(F)c(-c2cn3cc(NC(=O)OC(C)C)cnc3n2)c1. The van der Waals surface area contributed by atoms with Crippen LogP contribution in [0.1, 0.15) is 19.4 Å². The molecule has 7 heteroatoms. The van der Waals surface area contributed by atoms with Crippen molar-refractivity contribution in [3.63, 3.8) is 0 Å². The molecule has 0 bridgehead atoms. The predicted octanol–water partition coefficient (Wildman–Crippen LogP) is 3.80. The van der Waals surface area contributed by atoms with E-state index in [1.165, 1.54) is 12.3 Å². The second-order valence-corrected chi connectivity index (χ2v) is 5.74. The van der Waals surface area contributed by atoms with Crippen LogP contribution in [0.4, 0.5) is 14.9 Å². The van der Waals surface area contributed by atoms with E-state index in [1.54, 1.807) is 42.8 Å². The predicted molar refractivity (Wildman–Crippen MR) is 88.4 cm³/mol. The van der Waals surface area contributed by atoms with Gasteiger partial charge in [-0.1, -0.05) is 11.6 Å². The summed E-state index contributed by atoms with van der Waals surface area (Å²) in [6.45, 7) is 5.42. The van der Waals surface area contributed by atoms with Crippen molar-refractivity contribution in [2.45, 2.75) is 26.9 Å². The number of benzene rings is 1. The van der Waals surface area contributed by atoms with Crippen LogP contribution in [-0.2, 0) is 4.74 Å². The number of ether oxygens (including phenoxy) is 1. The van der Waals surface area contributed by atoms with Gasteiger partial charge in [0.05, 0.1) is 23.7 Å². The van der Waals surface area contributed by atoms with Gasteiger partial charge in [0.15, 0.2) is 0 Å². The average molecular weight is 328 g/mol. The highest BCUT2D eigenvalue weighted by atomic mass is 19.1. The number of nitrogens with zero attached hydrogens (tertiary/aromatic N) is 3. The molecule has 0 aliphatic rings. The molecule has 0 saturated carbocycles. The molecule has 3 rings (SSSR count). The van der Waals surface area contributed by atoms with Gasteiger partial charge in [0.25, 0.3) is 0 Å². The topological polar surface area (TPSA) is 68.5 Å². The second kappa shape index (κ2) is 6.27. The molecule has 0 spiro atoms. The van der Waals surface area contributed by atoms with Gasteiger partial charge in [-0.2, -0.15) is 0 Å². The molecule has 1 N–H and O–H groups in total. The molecule has 0 atom stereocenters. The molecule has 0 fully saturated rings. The third kappa shape index (κ3) is 3.34. The Morgan fingerprint density at radius 3 is 2.88 bits per heavy atom. The molecule has 1 amide bonds. The summed E-state index contributed by atoms with van der Waals surface area (Å²) < 4.78 is 20.7. The Morgan fingerprint density at radius 1 is 1.33 bits per heavy atom. The molecule has 3 aromatic rings. The van der Waals surface area contributed by atoms with Crippen LogP contribution in [0.3, 0.4) is 0 Å². The number of hydrogen-bond donors (Lipinski definition) is 1. The standard InChI is InChI=1S/C17H17FN4O2/c1-10(2)24-17(23)20-12-7-19-16-21-15(9-22(16)8-12)13-6-11(3)4-5-14(13)18/h4-10H,1-3H3,(H,20,23). The zero-order valence-electron chi connectivity index (χ0n) is 13.6. The maximum absolute atomic E-state index is 14.0. The maximum Gasteiger partial charge on any atom is 0.411 e. The smallest absolute Gasteiger partial charge is 0.411 e. The first-order valence-corrected chi connectivity index (χ1v) is 7.51.